The zero-order valence-electron chi connectivity index (χ0n) is 12.4. The summed E-state index contributed by atoms with van der Waals surface area (Å²) in [7, 11) is 2.48. The van der Waals surface area contributed by atoms with Crippen molar-refractivity contribution in [2.24, 2.45) is 0 Å². The number of esters is 2. The molecule has 0 bridgehead atoms. The number of aliphatic hydroxyl groups excluding tert-OH is 1. The van der Waals surface area contributed by atoms with Gasteiger partial charge in [0.1, 0.15) is 23.7 Å². The molecule has 8 nitrogen and oxygen atoms in total. The number of carbonyl (C=O) groups excluding carboxylic acids is 2. The molecule has 1 heterocycles. The third-order valence-electron chi connectivity index (χ3n) is 2.65. The lowest BCUT2D eigenvalue weighted by Gasteiger charge is -2.13. The smallest absolute Gasteiger partial charge is 0.345 e. The quantitative estimate of drug-likeness (QED) is 0.593. The fraction of sp³-hybridized carbons (Fsp3) is 0.357. The number of hydrogen-bond acceptors (Lipinski definition) is 8. The molecule has 0 saturated carbocycles. The number of aliphatic hydroxyl groups is 1. The van der Waals surface area contributed by atoms with Crippen LogP contribution in [0.5, 0.6) is 5.75 Å². The summed E-state index contributed by atoms with van der Waals surface area (Å²) in [4.78, 5) is 33.9. The van der Waals surface area contributed by atoms with E-state index in [1.54, 1.807) is 0 Å². The minimum atomic E-state index is -0.824. The van der Waals surface area contributed by atoms with Gasteiger partial charge in [-0.3, -0.25) is 4.79 Å². The predicted molar refractivity (Wildman–Crippen MR) is 74.0 cm³/mol. The SMILES string of the molecule is COC(=O)/C=C/c1oc(=O)c(CO)c(OC)c1COC(C)=O. The molecule has 0 fully saturated rings. The van der Waals surface area contributed by atoms with Crippen molar-refractivity contribution in [2.75, 3.05) is 14.2 Å². The normalized spacial score (nSPS) is 10.5. The van der Waals surface area contributed by atoms with Crippen LogP contribution in [0.25, 0.3) is 6.08 Å². The van der Waals surface area contributed by atoms with E-state index in [1.165, 1.54) is 27.2 Å². The van der Waals surface area contributed by atoms with Gasteiger partial charge in [0.25, 0.3) is 0 Å². The zero-order chi connectivity index (χ0) is 16.7. The number of methoxy groups -OCH3 is 2. The van der Waals surface area contributed by atoms with E-state index in [-0.39, 0.29) is 29.2 Å². The Morgan fingerprint density at radius 2 is 1.95 bits per heavy atom. The summed E-state index contributed by atoms with van der Waals surface area (Å²) >= 11 is 0. The topological polar surface area (TPSA) is 112 Å². The standard InChI is InChI=1S/C14H16O8/c1-8(16)21-7-10-11(4-5-12(17)19-2)22-14(18)9(6-15)13(10)20-3/h4-5,15H,6-7H2,1-3H3/b5-4+. The fourth-order valence-corrected chi connectivity index (χ4v) is 1.65. The van der Waals surface area contributed by atoms with Gasteiger partial charge in [-0.15, -0.1) is 0 Å². The van der Waals surface area contributed by atoms with Crippen LogP contribution in [0, 0.1) is 0 Å². The lowest BCUT2D eigenvalue weighted by molar-refractivity contribution is -0.142. The third-order valence-corrected chi connectivity index (χ3v) is 2.65. The Bertz CT molecular complexity index is 641. The summed E-state index contributed by atoms with van der Waals surface area (Å²) in [6.07, 6.45) is 2.23. The number of ether oxygens (including phenoxy) is 3. The molecule has 8 heteroatoms. The van der Waals surface area contributed by atoms with E-state index in [9.17, 15) is 19.5 Å². The van der Waals surface area contributed by atoms with E-state index in [2.05, 4.69) is 4.74 Å². The molecule has 0 saturated heterocycles. The van der Waals surface area contributed by atoms with E-state index in [0.29, 0.717) is 0 Å². The van der Waals surface area contributed by atoms with Crippen LogP contribution >= 0.6 is 0 Å². The van der Waals surface area contributed by atoms with Gasteiger partial charge in [-0.1, -0.05) is 0 Å². The average Bonchev–Trinajstić information content (AvgIpc) is 2.50. The molecule has 1 N–H and O–H groups in total. The van der Waals surface area contributed by atoms with Crippen LogP contribution < -0.4 is 10.4 Å². The number of hydrogen-bond donors (Lipinski definition) is 1. The van der Waals surface area contributed by atoms with Gasteiger partial charge in [-0.2, -0.15) is 0 Å². The fourth-order valence-electron chi connectivity index (χ4n) is 1.65. The lowest BCUT2D eigenvalue weighted by atomic mass is 10.1. The van der Waals surface area contributed by atoms with E-state index in [4.69, 9.17) is 13.9 Å². The van der Waals surface area contributed by atoms with E-state index in [1.807, 2.05) is 0 Å². The van der Waals surface area contributed by atoms with Crippen molar-refractivity contribution >= 4 is 18.0 Å². The molecule has 0 aliphatic heterocycles. The van der Waals surface area contributed by atoms with Gasteiger partial charge in [0.15, 0.2) is 0 Å². The van der Waals surface area contributed by atoms with Gasteiger partial charge in [0, 0.05) is 13.0 Å². The highest BCUT2D eigenvalue weighted by Gasteiger charge is 2.20. The Hall–Kier alpha value is -2.61. The maximum absolute atomic E-state index is 11.8. The molecule has 0 unspecified atom stereocenters. The number of rotatable bonds is 6. The number of carbonyl (C=O) groups is 2. The Kier molecular flexibility index (Phi) is 6.33. The molecule has 0 aromatic carbocycles. The molecule has 0 aliphatic rings. The second-order valence-electron chi connectivity index (χ2n) is 4.04. The van der Waals surface area contributed by atoms with Crippen LogP contribution in [0.1, 0.15) is 23.8 Å². The summed E-state index contributed by atoms with van der Waals surface area (Å²) in [6.45, 7) is 0.345. The molecular weight excluding hydrogens is 296 g/mol. The molecule has 1 aromatic heterocycles. The van der Waals surface area contributed by atoms with Gasteiger partial charge in [-0.05, 0) is 6.08 Å². The van der Waals surface area contributed by atoms with Crippen molar-refractivity contribution in [2.45, 2.75) is 20.1 Å². The summed E-state index contributed by atoms with van der Waals surface area (Å²) in [5, 5.41) is 9.24. The minimum absolute atomic E-state index is 0.0320. The van der Waals surface area contributed by atoms with Crippen LogP contribution in [0.15, 0.2) is 15.3 Å². The van der Waals surface area contributed by atoms with Gasteiger partial charge in [0.05, 0.1) is 26.4 Å². The molecule has 22 heavy (non-hydrogen) atoms. The first-order chi connectivity index (χ1) is 10.4. The Balaban J connectivity index is 3.42. The highest BCUT2D eigenvalue weighted by atomic mass is 16.5. The monoisotopic (exact) mass is 312 g/mol. The van der Waals surface area contributed by atoms with Crippen LogP contribution in [-0.4, -0.2) is 31.3 Å². The van der Waals surface area contributed by atoms with Gasteiger partial charge >= 0.3 is 17.6 Å². The molecule has 120 valence electrons. The maximum atomic E-state index is 11.8. The predicted octanol–water partition coefficient (Wildman–Crippen LogP) is 0.390. The van der Waals surface area contributed by atoms with E-state index in [0.717, 1.165) is 6.08 Å². The molecule has 0 radical (unpaired) electrons. The second-order valence-corrected chi connectivity index (χ2v) is 4.04. The highest BCUT2D eigenvalue weighted by Crippen LogP contribution is 2.26. The third kappa shape index (κ3) is 4.19. The zero-order valence-corrected chi connectivity index (χ0v) is 12.4. The van der Waals surface area contributed by atoms with E-state index >= 15 is 0 Å². The van der Waals surface area contributed by atoms with Crippen molar-refractivity contribution in [3.05, 3.63) is 33.4 Å². The summed E-state index contributed by atoms with van der Waals surface area (Å²) < 4.78 is 19.4. The van der Waals surface area contributed by atoms with Crippen molar-refractivity contribution in [1.29, 1.82) is 0 Å². The van der Waals surface area contributed by atoms with Crippen molar-refractivity contribution in [1.82, 2.24) is 0 Å². The molecule has 0 aliphatic carbocycles. The minimum Gasteiger partial charge on any atom is -0.496 e. The van der Waals surface area contributed by atoms with Gasteiger partial charge in [0.2, 0.25) is 0 Å². The summed E-state index contributed by atoms with van der Waals surface area (Å²) in [5.74, 6) is -1.22. The van der Waals surface area contributed by atoms with Crippen LogP contribution in [0.3, 0.4) is 0 Å². The Morgan fingerprint density at radius 1 is 1.27 bits per heavy atom. The second kappa shape index (κ2) is 7.99. The molecule has 0 amide bonds. The molecule has 0 atom stereocenters. The van der Waals surface area contributed by atoms with Crippen LogP contribution in [0.4, 0.5) is 0 Å². The molecule has 1 rings (SSSR count). The van der Waals surface area contributed by atoms with E-state index < -0.39 is 24.2 Å². The maximum Gasteiger partial charge on any atom is 0.345 e. The van der Waals surface area contributed by atoms with Crippen molar-refractivity contribution < 1.29 is 33.3 Å². The summed E-state index contributed by atoms with van der Waals surface area (Å²) in [5.41, 5.74) is -0.725. The van der Waals surface area contributed by atoms with Crippen LogP contribution in [0.2, 0.25) is 0 Å². The highest BCUT2D eigenvalue weighted by molar-refractivity contribution is 5.86. The van der Waals surface area contributed by atoms with Crippen molar-refractivity contribution in [3.63, 3.8) is 0 Å². The van der Waals surface area contributed by atoms with Crippen molar-refractivity contribution in [3.8, 4) is 5.75 Å². The first-order valence-electron chi connectivity index (χ1n) is 6.17. The lowest BCUT2D eigenvalue weighted by Crippen LogP contribution is -2.15. The Morgan fingerprint density at radius 3 is 2.45 bits per heavy atom. The first kappa shape index (κ1) is 17.4. The molecule has 1 aromatic rings. The van der Waals surface area contributed by atoms with Crippen LogP contribution in [-0.2, 0) is 32.3 Å². The summed E-state index contributed by atoms with van der Waals surface area (Å²) in [6, 6.07) is 0. The average molecular weight is 312 g/mol. The van der Waals surface area contributed by atoms with Gasteiger partial charge < -0.3 is 23.7 Å². The molecule has 0 spiro atoms. The van der Waals surface area contributed by atoms with Gasteiger partial charge in [-0.25, -0.2) is 9.59 Å². The first-order valence-corrected chi connectivity index (χ1v) is 6.17. The Labute approximate surface area is 125 Å². The largest absolute Gasteiger partial charge is 0.496 e. The molecular formula is C14H16O8.